The lowest BCUT2D eigenvalue weighted by Gasteiger charge is -2.34. The van der Waals surface area contributed by atoms with Gasteiger partial charge in [-0.3, -0.25) is 4.90 Å². The highest BCUT2D eigenvalue weighted by Crippen LogP contribution is 2.21. The Morgan fingerprint density at radius 2 is 2.04 bits per heavy atom. The summed E-state index contributed by atoms with van der Waals surface area (Å²) in [4.78, 5) is 20.3. The van der Waals surface area contributed by atoms with Crippen molar-refractivity contribution in [2.24, 2.45) is 0 Å². The van der Waals surface area contributed by atoms with E-state index in [0.717, 1.165) is 31.7 Å². The molecule has 0 amide bonds. The zero-order valence-electron chi connectivity index (χ0n) is 14.4. The van der Waals surface area contributed by atoms with Crippen molar-refractivity contribution in [2.45, 2.75) is 6.54 Å². The van der Waals surface area contributed by atoms with E-state index in [9.17, 15) is 4.39 Å². The number of ether oxygens (including phenoxy) is 1. The SMILES string of the molecule is COc1ccc(CN2CCN(c3nc(N)c4[nH]cnc4n3)CC2)cc1F. The quantitative estimate of drug-likeness (QED) is 0.729. The van der Waals surface area contributed by atoms with Gasteiger partial charge in [-0.2, -0.15) is 9.97 Å². The number of aromatic nitrogens is 4. The Balaban J connectivity index is 1.41. The smallest absolute Gasteiger partial charge is 0.229 e. The van der Waals surface area contributed by atoms with Crippen molar-refractivity contribution in [2.75, 3.05) is 43.9 Å². The zero-order chi connectivity index (χ0) is 18.1. The number of imidazole rings is 1. The second kappa shape index (κ2) is 6.75. The molecule has 0 radical (unpaired) electrons. The third-order valence-corrected chi connectivity index (χ3v) is 4.58. The van der Waals surface area contributed by atoms with Gasteiger partial charge in [-0.25, -0.2) is 9.37 Å². The molecule has 0 saturated carbocycles. The average molecular weight is 357 g/mol. The Morgan fingerprint density at radius 1 is 1.23 bits per heavy atom. The maximum absolute atomic E-state index is 13.8. The lowest BCUT2D eigenvalue weighted by Crippen LogP contribution is -2.46. The van der Waals surface area contributed by atoms with E-state index in [1.165, 1.54) is 13.2 Å². The van der Waals surface area contributed by atoms with Crippen LogP contribution in [-0.4, -0.2) is 58.1 Å². The molecule has 0 bridgehead atoms. The summed E-state index contributed by atoms with van der Waals surface area (Å²) < 4.78 is 18.8. The minimum Gasteiger partial charge on any atom is -0.494 e. The van der Waals surface area contributed by atoms with Crippen LogP contribution >= 0.6 is 0 Å². The number of hydrogen-bond donors (Lipinski definition) is 2. The van der Waals surface area contributed by atoms with Gasteiger partial charge in [0, 0.05) is 32.7 Å². The standard InChI is InChI=1S/C17H20FN7O/c1-26-13-3-2-11(8-12(13)18)9-24-4-6-25(7-5-24)17-22-15(19)14-16(23-17)21-10-20-14/h2-3,8,10H,4-7,9H2,1H3,(H3,19,20,21,22,23). The first-order chi connectivity index (χ1) is 12.6. The Morgan fingerprint density at radius 3 is 2.77 bits per heavy atom. The van der Waals surface area contributed by atoms with Crippen LogP contribution in [0.5, 0.6) is 5.75 Å². The molecule has 0 atom stereocenters. The summed E-state index contributed by atoms with van der Waals surface area (Å²) in [6.45, 7) is 3.89. The molecule has 4 rings (SSSR count). The van der Waals surface area contributed by atoms with Gasteiger partial charge >= 0.3 is 0 Å². The van der Waals surface area contributed by atoms with Gasteiger partial charge < -0.3 is 20.4 Å². The highest BCUT2D eigenvalue weighted by molar-refractivity contribution is 5.82. The van der Waals surface area contributed by atoms with Gasteiger partial charge in [-0.05, 0) is 17.7 Å². The maximum atomic E-state index is 13.8. The molecule has 136 valence electrons. The Hall–Kier alpha value is -2.94. The van der Waals surface area contributed by atoms with E-state index >= 15 is 0 Å². The van der Waals surface area contributed by atoms with E-state index in [-0.39, 0.29) is 11.6 Å². The van der Waals surface area contributed by atoms with Crippen molar-refractivity contribution in [1.82, 2.24) is 24.8 Å². The lowest BCUT2D eigenvalue weighted by molar-refractivity contribution is 0.248. The first-order valence-corrected chi connectivity index (χ1v) is 8.40. The van der Waals surface area contributed by atoms with Crippen molar-refractivity contribution in [1.29, 1.82) is 0 Å². The van der Waals surface area contributed by atoms with Crippen molar-refractivity contribution in [3.8, 4) is 5.75 Å². The molecule has 1 aliphatic rings. The normalized spacial score (nSPS) is 15.5. The summed E-state index contributed by atoms with van der Waals surface area (Å²) in [6.07, 6.45) is 1.56. The fraction of sp³-hybridized carbons (Fsp3) is 0.353. The number of fused-ring (bicyclic) bond motifs is 1. The number of halogens is 1. The van der Waals surface area contributed by atoms with Gasteiger partial charge in [-0.1, -0.05) is 6.07 Å². The predicted molar refractivity (Wildman–Crippen MR) is 96.5 cm³/mol. The average Bonchev–Trinajstić information content (AvgIpc) is 3.12. The van der Waals surface area contributed by atoms with E-state index in [4.69, 9.17) is 10.5 Å². The van der Waals surface area contributed by atoms with Gasteiger partial charge in [0.2, 0.25) is 5.95 Å². The largest absolute Gasteiger partial charge is 0.494 e. The molecule has 1 fully saturated rings. The summed E-state index contributed by atoms with van der Waals surface area (Å²) in [5.41, 5.74) is 8.13. The number of nitrogen functional groups attached to an aromatic ring is 1. The molecule has 8 nitrogen and oxygen atoms in total. The Bertz CT molecular complexity index is 921. The molecular weight excluding hydrogens is 337 g/mol. The number of benzene rings is 1. The molecule has 3 aromatic rings. The summed E-state index contributed by atoms with van der Waals surface area (Å²) in [5.74, 6) is 0.928. The molecule has 0 unspecified atom stereocenters. The number of aromatic amines is 1. The van der Waals surface area contributed by atoms with E-state index in [1.807, 2.05) is 6.07 Å². The van der Waals surface area contributed by atoms with Gasteiger partial charge in [0.25, 0.3) is 0 Å². The lowest BCUT2D eigenvalue weighted by atomic mass is 10.2. The van der Waals surface area contributed by atoms with E-state index in [0.29, 0.717) is 29.5 Å². The molecule has 9 heteroatoms. The molecule has 1 aliphatic heterocycles. The van der Waals surface area contributed by atoms with Gasteiger partial charge in [-0.15, -0.1) is 0 Å². The summed E-state index contributed by atoms with van der Waals surface area (Å²) in [5, 5.41) is 0. The van der Waals surface area contributed by atoms with Crippen LogP contribution in [0.25, 0.3) is 11.2 Å². The molecule has 0 aliphatic carbocycles. The highest BCUT2D eigenvalue weighted by Gasteiger charge is 2.21. The maximum Gasteiger partial charge on any atom is 0.229 e. The zero-order valence-corrected chi connectivity index (χ0v) is 14.4. The molecular formula is C17H20FN7O. The molecule has 1 saturated heterocycles. The molecule has 1 aromatic carbocycles. The summed E-state index contributed by atoms with van der Waals surface area (Å²) in [7, 11) is 1.46. The minimum atomic E-state index is -0.334. The van der Waals surface area contributed by atoms with Crippen molar-refractivity contribution in [3.05, 3.63) is 35.9 Å². The van der Waals surface area contributed by atoms with Crippen LogP contribution in [0, 0.1) is 5.82 Å². The van der Waals surface area contributed by atoms with Crippen molar-refractivity contribution >= 4 is 22.9 Å². The second-order valence-corrected chi connectivity index (χ2v) is 6.24. The molecule has 2 aromatic heterocycles. The summed E-state index contributed by atoms with van der Waals surface area (Å²) >= 11 is 0. The third kappa shape index (κ3) is 3.13. The number of methoxy groups -OCH3 is 1. The molecule has 26 heavy (non-hydrogen) atoms. The van der Waals surface area contributed by atoms with Gasteiger partial charge in [0.1, 0.15) is 5.52 Å². The first kappa shape index (κ1) is 16.5. The van der Waals surface area contributed by atoms with Crippen LogP contribution in [0.2, 0.25) is 0 Å². The summed E-state index contributed by atoms with van der Waals surface area (Å²) in [6, 6.07) is 5.08. The second-order valence-electron chi connectivity index (χ2n) is 6.24. The van der Waals surface area contributed by atoms with Gasteiger partial charge in [0.05, 0.1) is 13.4 Å². The van der Waals surface area contributed by atoms with Crippen LogP contribution in [0.4, 0.5) is 16.2 Å². The Kier molecular flexibility index (Phi) is 4.29. The van der Waals surface area contributed by atoms with E-state index in [1.54, 1.807) is 12.4 Å². The predicted octanol–water partition coefficient (Wildman–Crippen LogP) is 1.40. The minimum absolute atomic E-state index is 0.266. The monoisotopic (exact) mass is 357 g/mol. The van der Waals surface area contributed by atoms with Crippen LogP contribution in [0.15, 0.2) is 24.5 Å². The van der Waals surface area contributed by atoms with E-state index < -0.39 is 0 Å². The van der Waals surface area contributed by atoms with Crippen LogP contribution in [0.3, 0.4) is 0 Å². The van der Waals surface area contributed by atoms with Crippen molar-refractivity contribution in [3.63, 3.8) is 0 Å². The number of nitrogens with one attached hydrogen (secondary N) is 1. The fourth-order valence-electron chi connectivity index (χ4n) is 3.16. The highest BCUT2D eigenvalue weighted by atomic mass is 19.1. The first-order valence-electron chi connectivity index (χ1n) is 8.40. The Labute approximate surface area is 149 Å². The number of anilines is 2. The third-order valence-electron chi connectivity index (χ3n) is 4.58. The number of nitrogens with zero attached hydrogens (tertiary/aromatic N) is 5. The fourth-order valence-corrected chi connectivity index (χ4v) is 3.16. The van der Waals surface area contributed by atoms with Crippen LogP contribution < -0.4 is 15.4 Å². The van der Waals surface area contributed by atoms with E-state index in [2.05, 4.69) is 29.7 Å². The van der Waals surface area contributed by atoms with Crippen LogP contribution in [-0.2, 0) is 6.54 Å². The number of H-pyrrole nitrogens is 1. The topological polar surface area (TPSA) is 96.2 Å². The number of hydrogen-bond acceptors (Lipinski definition) is 7. The van der Waals surface area contributed by atoms with Crippen LogP contribution in [0.1, 0.15) is 5.56 Å². The number of rotatable bonds is 4. The molecule has 3 N–H and O–H groups in total. The molecule has 3 heterocycles. The number of piperazine rings is 1. The molecule has 0 spiro atoms. The number of nitrogens with two attached hydrogens (primary N) is 1. The van der Waals surface area contributed by atoms with Crippen molar-refractivity contribution < 1.29 is 9.13 Å². The van der Waals surface area contributed by atoms with Gasteiger partial charge in [0.15, 0.2) is 23.0 Å².